The van der Waals surface area contributed by atoms with Gasteiger partial charge in [-0.05, 0) is 6.07 Å². The van der Waals surface area contributed by atoms with Crippen molar-refractivity contribution in [3.63, 3.8) is 0 Å². The Morgan fingerprint density at radius 2 is 2.14 bits per heavy atom. The summed E-state index contributed by atoms with van der Waals surface area (Å²) in [7, 11) is 0. The first-order chi connectivity index (χ1) is 6.86. The molecule has 14 heavy (non-hydrogen) atoms. The third kappa shape index (κ3) is 0.914. The summed E-state index contributed by atoms with van der Waals surface area (Å²) in [5.41, 5.74) is 1.37. The summed E-state index contributed by atoms with van der Waals surface area (Å²) in [6.45, 7) is 0. The van der Waals surface area contributed by atoms with Gasteiger partial charge in [-0.2, -0.15) is 0 Å². The van der Waals surface area contributed by atoms with Crippen LogP contribution in [0.3, 0.4) is 0 Å². The molecule has 0 bridgehead atoms. The molecule has 0 atom stereocenters. The Morgan fingerprint density at radius 1 is 1.29 bits per heavy atom. The standard InChI is InChI=1S/C10H6N2OS/c13-10-9-8(11-5-12-9)6-3-1-2-4-7(6)14-10/h1-5H,(H,11,12). The molecule has 0 spiro atoms. The highest BCUT2D eigenvalue weighted by molar-refractivity contribution is 7.16. The van der Waals surface area contributed by atoms with Gasteiger partial charge >= 0.3 is 0 Å². The monoisotopic (exact) mass is 202 g/mol. The number of benzene rings is 1. The molecule has 2 aromatic heterocycles. The number of imidazole rings is 1. The number of rotatable bonds is 0. The maximum absolute atomic E-state index is 11.6. The molecule has 1 aromatic carbocycles. The number of fused-ring (bicyclic) bond motifs is 3. The van der Waals surface area contributed by atoms with Crippen molar-refractivity contribution in [1.82, 2.24) is 9.97 Å². The second-order valence-corrected chi connectivity index (χ2v) is 4.03. The van der Waals surface area contributed by atoms with Crippen LogP contribution in [0.2, 0.25) is 0 Å². The van der Waals surface area contributed by atoms with E-state index in [1.807, 2.05) is 24.3 Å². The van der Waals surface area contributed by atoms with Crippen LogP contribution in [-0.2, 0) is 0 Å². The molecule has 1 N–H and O–H groups in total. The van der Waals surface area contributed by atoms with Gasteiger partial charge in [0, 0.05) is 10.1 Å². The average Bonchev–Trinajstić information content (AvgIpc) is 2.67. The van der Waals surface area contributed by atoms with E-state index in [0.717, 1.165) is 15.6 Å². The smallest absolute Gasteiger partial charge is 0.260 e. The Kier molecular flexibility index (Phi) is 1.46. The van der Waals surface area contributed by atoms with E-state index >= 15 is 0 Å². The molecule has 0 aliphatic rings. The van der Waals surface area contributed by atoms with E-state index in [1.165, 1.54) is 11.3 Å². The summed E-state index contributed by atoms with van der Waals surface area (Å²) < 4.78 is 1.01. The van der Waals surface area contributed by atoms with Gasteiger partial charge in [-0.25, -0.2) is 4.98 Å². The minimum absolute atomic E-state index is 0.0138. The molecule has 3 rings (SSSR count). The number of nitrogens with zero attached hydrogens (tertiary/aromatic N) is 1. The normalized spacial score (nSPS) is 11.1. The highest BCUT2D eigenvalue weighted by Gasteiger charge is 2.06. The molecule has 2 heterocycles. The molecule has 4 heteroatoms. The number of hydrogen-bond donors (Lipinski definition) is 1. The summed E-state index contributed by atoms with van der Waals surface area (Å²) in [4.78, 5) is 18.6. The lowest BCUT2D eigenvalue weighted by molar-refractivity contribution is 1.34. The molecule has 0 radical (unpaired) electrons. The zero-order chi connectivity index (χ0) is 9.54. The van der Waals surface area contributed by atoms with Crippen LogP contribution in [-0.4, -0.2) is 9.97 Å². The minimum atomic E-state index is 0.0138. The van der Waals surface area contributed by atoms with Crippen molar-refractivity contribution in [2.75, 3.05) is 0 Å². The van der Waals surface area contributed by atoms with E-state index in [1.54, 1.807) is 6.33 Å². The second kappa shape index (κ2) is 2.65. The molecular weight excluding hydrogens is 196 g/mol. The van der Waals surface area contributed by atoms with Crippen molar-refractivity contribution >= 4 is 32.5 Å². The SMILES string of the molecule is O=c1sc2ccccc2c2[nH]cnc12. The first-order valence-electron chi connectivity index (χ1n) is 4.21. The summed E-state index contributed by atoms with van der Waals surface area (Å²) in [6, 6.07) is 7.83. The van der Waals surface area contributed by atoms with Crippen molar-refractivity contribution < 1.29 is 0 Å². The maximum atomic E-state index is 11.6. The van der Waals surface area contributed by atoms with E-state index in [4.69, 9.17) is 0 Å². The molecule has 3 nitrogen and oxygen atoms in total. The number of aromatic nitrogens is 2. The fraction of sp³-hybridized carbons (Fsp3) is 0. The number of aromatic amines is 1. The maximum Gasteiger partial charge on any atom is 0.260 e. The van der Waals surface area contributed by atoms with E-state index < -0.39 is 0 Å². The quantitative estimate of drug-likeness (QED) is 0.607. The Hall–Kier alpha value is -1.68. The molecule has 0 saturated heterocycles. The minimum Gasteiger partial charge on any atom is -0.344 e. The lowest BCUT2D eigenvalue weighted by atomic mass is 10.2. The average molecular weight is 202 g/mol. The van der Waals surface area contributed by atoms with Gasteiger partial charge in [0.2, 0.25) is 0 Å². The van der Waals surface area contributed by atoms with Gasteiger partial charge in [-0.3, -0.25) is 4.79 Å². The highest BCUT2D eigenvalue weighted by atomic mass is 32.1. The summed E-state index contributed by atoms with van der Waals surface area (Å²) in [5.74, 6) is 0. The lowest BCUT2D eigenvalue weighted by Gasteiger charge is -1.95. The summed E-state index contributed by atoms with van der Waals surface area (Å²) in [5, 5.41) is 1.06. The van der Waals surface area contributed by atoms with Crippen molar-refractivity contribution in [3.05, 3.63) is 40.1 Å². The van der Waals surface area contributed by atoms with Crippen LogP contribution in [0.1, 0.15) is 0 Å². The predicted molar refractivity (Wildman–Crippen MR) is 57.7 cm³/mol. The van der Waals surface area contributed by atoms with Gasteiger partial charge in [-0.1, -0.05) is 29.5 Å². The van der Waals surface area contributed by atoms with Gasteiger partial charge in [0.05, 0.1) is 11.8 Å². The molecular formula is C10H6N2OS. The Bertz CT molecular complexity index is 668. The number of H-pyrrole nitrogens is 1. The van der Waals surface area contributed by atoms with Crippen LogP contribution in [0.4, 0.5) is 0 Å². The molecule has 0 amide bonds. The first-order valence-corrected chi connectivity index (χ1v) is 5.03. The Labute approximate surface area is 83.0 Å². The van der Waals surface area contributed by atoms with Gasteiger partial charge in [0.25, 0.3) is 4.74 Å². The molecule has 3 aromatic rings. The molecule has 0 saturated carbocycles. The summed E-state index contributed by atoms with van der Waals surface area (Å²) in [6.07, 6.45) is 1.56. The highest BCUT2D eigenvalue weighted by Crippen LogP contribution is 2.22. The Balaban J connectivity index is 2.73. The van der Waals surface area contributed by atoms with Crippen molar-refractivity contribution in [2.45, 2.75) is 0 Å². The van der Waals surface area contributed by atoms with Crippen LogP contribution < -0.4 is 4.74 Å². The third-order valence-corrected chi connectivity index (χ3v) is 3.15. The van der Waals surface area contributed by atoms with Crippen LogP contribution in [0.15, 0.2) is 35.4 Å². The fourth-order valence-electron chi connectivity index (χ4n) is 1.56. The van der Waals surface area contributed by atoms with Crippen LogP contribution in [0.5, 0.6) is 0 Å². The van der Waals surface area contributed by atoms with Crippen molar-refractivity contribution in [1.29, 1.82) is 0 Å². The lowest BCUT2D eigenvalue weighted by Crippen LogP contribution is -1.94. The van der Waals surface area contributed by atoms with Gasteiger partial charge in [0.15, 0.2) is 0 Å². The zero-order valence-corrected chi connectivity index (χ0v) is 7.97. The molecule has 0 aliphatic heterocycles. The molecule has 68 valence electrons. The molecule has 0 fully saturated rings. The van der Waals surface area contributed by atoms with E-state index in [2.05, 4.69) is 9.97 Å². The van der Waals surface area contributed by atoms with Gasteiger partial charge in [-0.15, -0.1) is 0 Å². The van der Waals surface area contributed by atoms with E-state index in [9.17, 15) is 4.79 Å². The number of nitrogens with one attached hydrogen (secondary N) is 1. The second-order valence-electron chi connectivity index (χ2n) is 3.01. The van der Waals surface area contributed by atoms with E-state index in [-0.39, 0.29) is 4.74 Å². The van der Waals surface area contributed by atoms with Crippen LogP contribution in [0.25, 0.3) is 21.1 Å². The zero-order valence-electron chi connectivity index (χ0n) is 7.15. The summed E-state index contributed by atoms with van der Waals surface area (Å²) >= 11 is 1.24. The number of hydrogen-bond acceptors (Lipinski definition) is 3. The predicted octanol–water partition coefficient (Wildman–Crippen LogP) is 2.14. The van der Waals surface area contributed by atoms with Crippen molar-refractivity contribution in [2.24, 2.45) is 0 Å². The molecule has 0 unspecified atom stereocenters. The van der Waals surface area contributed by atoms with Crippen LogP contribution in [0, 0.1) is 0 Å². The first kappa shape index (κ1) is 7.70. The fourth-order valence-corrected chi connectivity index (χ4v) is 2.44. The molecule has 0 aliphatic carbocycles. The Morgan fingerprint density at radius 3 is 3.07 bits per heavy atom. The van der Waals surface area contributed by atoms with Crippen molar-refractivity contribution in [3.8, 4) is 0 Å². The van der Waals surface area contributed by atoms with E-state index in [0.29, 0.717) is 5.52 Å². The van der Waals surface area contributed by atoms with Gasteiger partial charge in [0.1, 0.15) is 5.52 Å². The largest absolute Gasteiger partial charge is 0.344 e. The third-order valence-electron chi connectivity index (χ3n) is 2.19. The van der Waals surface area contributed by atoms with Gasteiger partial charge < -0.3 is 4.98 Å². The van der Waals surface area contributed by atoms with Crippen LogP contribution >= 0.6 is 11.3 Å². The topological polar surface area (TPSA) is 45.8 Å².